The summed E-state index contributed by atoms with van der Waals surface area (Å²) in [6.45, 7) is 4.32. The van der Waals surface area contributed by atoms with Crippen LogP contribution in [-0.2, 0) is 11.4 Å². The van der Waals surface area contributed by atoms with Crippen LogP contribution in [0.2, 0.25) is 0 Å². The quantitative estimate of drug-likeness (QED) is 0.852. The molecule has 1 aliphatic rings. The molecule has 8 heteroatoms. The monoisotopic (exact) mass is 361 g/mol. The van der Waals surface area contributed by atoms with Gasteiger partial charge in [0.2, 0.25) is 11.8 Å². The minimum atomic E-state index is -0.408. The topological polar surface area (TPSA) is 84.7 Å². The Morgan fingerprint density at radius 2 is 2.31 bits per heavy atom. The molecule has 1 aromatic heterocycles. The maximum Gasteiger partial charge on any atom is 0.273 e. The van der Waals surface area contributed by atoms with E-state index in [0.717, 1.165) is 0 Å². The van der Waals surface area contributed by atoms with Crippen molar-refractivity contribution in [3.05, 3.63) is 47.9 Å². The van der Waals surface area contributed by atoms with E-state index in [1.807, 2.05) is 13.8 Å². The average Bonchev–Trinajstić information content (AvgIpc) is 3.20. The number of halogens is 1. The summed E-state index contributed by atoms with van der Waals surface area (Å²) in [5.41, 5.74) is 0.110. The molecule has 1 saturated heterocycles. The molecular weight excluding hydrogens is 341 g/mol. The van der Waals surface area contributed by atoms with Gasteiger partial charge in [0.1, 0.15) is 17.8 Å². The van der Waals surface area contributed by atoms with Gasteiger partial charge in [-0.3, -0.25) is 9.59 Å². The van der Waals surface area contributed by atoms with Gasteiger partial charge in [-0.05, 0) is 26.0 Å². The van der Waals surface area contributed by atoms with E-state index in [0.29, 0.717) is 12.3 Å². The number of likely N-dealkylation sites (tertiary alicyclic amines) is 1. The van der Waals surface area contributed by atoms with Gasteiger partial charge < -0.3 is 19.4 Å². The molecule has 0 bridgehead atoms. The van der Waals surface area contributed by atoms with Crippen LogP contribution in [0.4, 0.5) is 4.39 Å². The van der Waals surface area contributed by atoms with Crippen molar-refractivity contribution >= 4 is 11.8 Å². The fourth-order valence-electron chi connectivity index (χ4n) is 2.77. The second-order valence-electron chi connectivity index (χ2n) is 6.39. The lowest BCUT2D eigenvalue weighted by Gasteiger charge is -2.20. The number of nitrogens with zero attached hydrogens (tertiary/aromatic N) is 2. The van der Waals surface area contributed by atoms with Crippen molar-refractivity contribution < 1.29 is 23.1 Å². The fourth-order valence-corrected chi connectivity index (χ4v) is 2.77. The van der Waals surface area contributed by atoms with E-state index < -0.39 is 11.7 Å². The van der Waals surface area contributed by atoms with Crippen molar-refractivity contribution in [2.24, 2.45) is 0 Å². The predicted molar refractivity (Wildman–Crippen MR) is 90.0 cm³/mol. The van der Waals surface area contributed by atoms with Gasteiger partial charge in [0, 0.05) is 25.1 Å². The first-order valence-corrected chi connectivity index (χ1v) is 8.35. The summed E-state index contributed by atoms with van der Waals surface area (Å²) in [6.07, 6.45) is 1.51. The van der Waals surface area contributed by atoms with E-state index in [2.05, 4.69) is 10.3 Å². The van der Waals surface area contributed by atoms with Crippen molar-refractivity contribution in [1.29, 1.82) is 0 Å². The molecule has 1 aromatic carbocycles. The molecule has 1 N–H and O–H groups in total. The number of carbonyl (C=O) groups is 2. The largest absolute Gasteiger partial charge is 0.484 e. The zero-order valence-corrected chi connectivity index (χ0v) is 14.6. The Morgan fingerprint density at radius 1 is 1.50 bits per heavy atom. The van der Waals surface area contributed by atoms with Gasteiger partial charge >= 0.3 is 0 Å². The molecule has 1 atom stereocenters. The molecule has 138 valence electrons. The molecule has 26 heavy (non-hydrogen) atoms. The standard InChI is InChI=1S/C18H20FN3O4/c1-11(2)22-8-13(7-17(22)23)20-18(24)15-9-26-16(21-15)10-25-14-5-3-4-12(19)6-14/h3-6,9,11,13H,7-8,10H2,1-2H3,(H,20,24)/t13-/m0/s1. The number of amides is 2. The molecule has 0 saturated carbocycles. The molecule has 2 aromatic rings. The first-order valence-electron chi connectivity index (χ1n) is 8.35. The van der Waals surface area contributed by atoms with E-state index in [1.54, 1.807) is 11.0 Å². The highest BCUT2D eigenvalue weighted by atomic mass is 19.1. The van der Waals surface area contributed by atoms with Gasteiger partial charge in [-0.25, -0.2) is 9.37 Å². The third-order valence-electron chi connectivity index (χ3n) is 4.06. The van der Waals surface area contributed by atoms with E-state index in [-0.39, 0.29) is 42.6 Å². The first-order chi connectivity index (χ1) is 12.4. The van der Waals surface area contributed by atoms with Gasteiger partial charge in [0.25, 0.3) is 5.91 Å². The summed E-state index contributed by atoms with van der Waals surface area (Å²) in [6, 6.07) is 5.55. The summed E-state index contributed by atoms with van der Waals surface area (Å²) >= 11 is 0. The molecule has 0 unspecified atom stereocenters. The molecule has 1 fully saturated rings. The molecule has 0 aliphatic carbocycles. The van der Waals surface area contributed by atoms with Crippen LogP contribution in [0.15, 0.2) is 34.9 Å². The Bertz CT molecular complexity index is 805. The van der Waals surface area contributed by atoms with E-state index in [1.165, 1.54) is 24.5 Å². The normalized spacial score (nSPS) is 17.0. The highest BCUT2D eigenvalue weighted by Gasteiger charge is 2.32. The van der Waals surface area contributed by atoms with Crippen molar-refractivity contribution in [3.8, 4) is 5.75 Å². The number of carbonyl (C=O) groups excluding carboxylic acids is 2. The molecule has 2 heterocycles. The highest BCUT2D eigenvalue weighted by Crippen LogP contribution is 2.16. The maximum atomic E-state index is 13.1. The molecule has 7 nitrogen and oxygen atoms in total. The molecule has 3 rings (SSSR count). The summed E-state index contributed by atoms with van der Waals surface area (Å²) in [7, 11) is 0. The van der Waals surface area contributed by atoms with Crippen LogP contribution in [0.3, 0.4) is 0 Å². The second kappa shape index (κ2) is 7.55. The van der Waals surface area contributed by atoms with Crippen LogP contribution in [0.5, 0.6) is 5.75 Å². The van der Waals surface area contributed by atoms with Crippen LogP contribution in [-0.4, -0.2) is 40.3 Å². The smallest absolute Gasteiger partial charge is 0.273 e. The van der Waals surface area contributed by atoms with E-state index in [4.69, 9.17) is 9.15 Å². The second-order valence-corrected chi connectivity index (χ2v) is 6.39. The Hall–Kier alpha value is -2.90. The van der Waals surface area contributed by atoms with Gasteiger partial charge in [-0.15, -0.1) is 0 Å². The molecule has 0 spiro atoms. The van der Waals surface area contributed by atoms with Crippen LogP contribution >= 0.6 is 0 Å². The number of aromatic nitrogens is 1. The number of hydrogen-bond donors (Lipinski definition) is 1. The van der Waals surface area contributed by atoms with Gasteiger partial charge in [-0.1, -0.05) is 6.07 Å². The average molecular weight is 361 g/mol. The lowest BCUT2D eigenvalue weighted by atomic mass is 10.2. The van der Waals surface area contributed by atoms with E-state index >= 15 is 0 Å². The lowest BCUT2D eigenvalue weighted by Crippen LogP contribution is -2.39. The molecule has 0 radical (unpaired) electrons. The third-order valence-corrected chi connectivity index (χ3v) is 4.06. The molecule has 1 aliphatic heterocycles. The third kappa shape index (κ3) is 4.19. The van der Waals surface area contributed by atoms with Crippen molar-refractivity contribution in [1.82, 2.24) is 15.2 Å². The number of hydrogen-bond acceptors (Lipinski definition) is 5. The Morgan fingerprint density at radius 3 is 3.00 bits per heavy atom. The Balaban J connectivity index is 1.54. The molecule has 2 amide bonds. The fraction of sp³-hybridized carbons (Fsp3) is 0.389. The van der Waals surface area contributed by atoms with Crippen LogP contribution in [0, 0.1) is 5.82 Å². The number of rotatable bonds is 6. The van der Waals surface area contributed by atoms with Crippen LogP contribution < -0.4 is 10.1 Å². The summed E-state index contributed by atoms with van der Waals surface area (Å²) in [5.74, 6) is -0.251. The summed E-state index contributed by atoms with van der Waals surface area (Å²) < 4.78 is 23.7. The van der Waals surface area contributed by atoms with Crippen molar-refractivity contribution in [3.63, 3.8) is 0 Å². The van der Waals surface area contributed by atoms with Gasteiger partial charge in [-0.2, -0.15) is 0 Å². The Kier molecular flexibility index (Phi) is 5.20. The van der Waals surface area contributed by atoms with Crippen molar-refractivity contribution in [2.45, 2.75) is 39.0 Å². The maximum absolute atomic E-state index is 13.1. The Labute approximate surface area is 150 Å². The zero-order valence-electron chi connectivity index (χ0n) is 14.6. The van der Waals surface area contributed by atoms with Gasteiger partial charge in [0.15, 0.2) is 12.3 Å². The number of nitrogens with one attached hydrogen (secondary N) is 1. The summed E-state index contributed by atoms with van der Waals surface area (Å²) in [4.78, 5) is 29.9. The number of oxazole rings is 1. The molecular formula is C18H20FN3O4. The SMILES string of the molecule is CC(C)N1C[C@@H](NC(=O)c2coc(COc3cccc(F)c3)n2)CC1=O. The van der Waals surface area contributed by atoms with Crippen LogP contribution in [0.25, 0.3) is 0 Å². The number of benzene rings is 1. The van der Waals surface area contributed by atoms with Gasteiger partial charge in [0.05, 0.1) is 6.04 Å². The van der Waals surface area contributed by atoms with E-state index in [9.17, 15) is 14.0 Å². The van der Waals surface area contributed by atoms with Crippen molar-refractivity contribution in [2.75, 3.05) is 6.54 Å². The predicted octanol–water partition coefficient (Wildman–Crippen LogP) is 2.13. The lowest BCUT2D eigenvalue weighted by molar-refractivity contribution is -0.129. The van der Waals surface area contributed by atoms with Crippen LogP contribution in [0.1, 0.15) is 36.6 Å². The highest BCUT2D eigenvalue weighted by molar-refractivity contribution is 5.93. The minimum Gasteiger partial charge on any atom is -0.484 e. The summed E-state index contributed by atoms with van der Waals surface area (Å²) in [5, 5.41) is 2.79. The number of ether oxygens (including phenoxy) is 1. The zero-order chi connectivity index (χ0) is 18.7. The first kappa shape index (κ1) is 17.9. The minimum absolute atomic E-state index is 0.0228.